The first-order valence-electron chi connectivity index (χ1n) is 6.33. The van der Waals surface area contributed by atoms with Crippen molar-refractivity contribution in [2.24, 2.45) is 0 Å². The Morgan fingerprint density at radius 3 is 2.83 bits per heavy atom. The predicted molar refractivity (Wildman–Crippen MR) is 73.9 cm³/mol. The lowest BCUT2D eigenvalue weighted by Gasteiger charge is -2.15. The maximum absolute atomic E-state index is 12.1. The van der Waals surface area contributed by atoms with Gasteiger partial charge in [0.25, 0.3) is 5.91 Å². The van der Waals surface area contributed by atoms with Gasteiger partial charge in [-0.1, -0.05) is 25.8 Å². The third-order valence-corrected chi connectivity index (χ3v) is 2.90. The zero-order valence-corrected chi connectivity index (χ0v) is 11.3. The van der Waals surface area contributed by atoms with Crippen LogP contribution in [0.3, 0.4) is 0 Å². The Hall–Kier alpha value is -1.71. The number of benzene rings is 1. The summed E-state index contributed by atoms with van der Waals surface area (Å²) in [5.41, 5.74) is 6.74. The first-order chi connectivity index (χ1) is 8.60. The molecule has 1 aromatic carbocycles. The molecule has 1 rings (SSSR count). The lowest BCUT2D eigenvalue weighted by Crippen LogP contribution is -2.33. The fourth-order valence-corrected chi connectivity index (χ4v) is 1.80. The Kier molecular flexibility index (Phi) is 5.49. The van der Waals surface area contributed by atoms with Gasteiger partial charge in [0.15, 0.2) is 0 Å². The van der Waals surface area contributed by atoms with E-state index in [9.17, 15) is 4.79 Å². The molecule has 1 amide bonds. The second kappa shape index (κ2) is 6.89. The first kappa shape index (κ1) is 14.4. The number of methoxy groups -OCH3 is 1. The van der Waals surface area contributed by atoms with Gasteiger partial charge in [0.2, 0.25) is 0 Å². The largest absolute Gasteiger partial charge is 0.495 e. The summed E-state index contributed by atoms with van der Waals surface area (Å²) in [5.74, 6) is 0.388. The SMILES string of the molecule is CCCCC(C)NC(=O)c1cccc(OC)c1N. The summed E-state index contributed by atoms with van der Waals surface area (Å²) in [4.78, 5) is 12.1. The number of nitrogens with two attached hydrogens (primary N) is 1. The third-order valence-electron chi connectivity index (χ3n) is 2.90. The van der Waals surface area contributed by atoms with Crippen LogP contribution in [0.5, 0.6) is 5.75 Å². The molecule has 1 unspecified atom stereocenters. The summed E-state index contributed by atoms with van der Waals surface area (Å²) in [6.07, 6.45) is 3.21. The van der Waals surface area contributed by atoms with Crippen molar-refractivity contribution in [2.75, 3.05) is 12.8 Å². The molecule has 0 aromatic heterocycles. The first-order valence-corrected chi connectivity index (χ1v) is 6.33. The number of ether oxygens (including phenoxy) is 1. The third kappa shape index (κ3) is 3.65. The molecule has 0 heterocycles. The molecule has 0 saturated heterocycles. The van der Waals surface area contributed by atoms with E-state index < -0.39 is 0 Å². The molecule has 0 bridgehead atoms. The molecule has 1 atom stereocenters. The van der Waals surface area contributed by atoms with E-state index in [2.05, 4.69) is 12.2 Å². The number of unbranched alkanes of at least 4 members (excludes halogenated alkanes) is 1. The number of amides is 1. The van der Waals surface area contributed by atoms with Crippen LogP contribution < -0.4 is 15.8 Å². The van der Waals surface area contributed by atoms with Crippen molar-refractivity contribution in [3.63, 3.8) is 0 Å². The van der Waals surface area contributed by atoms with Gasteiger partial charge in [0.05, 0.1) is 18.4 Å². The molecule has 4 heteroatoms. The molecule has 0 aliphatic heterocycles. The van der Waals surface area contributed by atoms with Gasteiger partial charge in [-0.25, -0.2) is 0 Å². The van der Waals surface area contributed by atoms with Crippen LogP contribution in [0.4, 0.5) is 5.69 Å². The average Bonchev–Trinajstić information content (AvgIpc) is 2.36. The van der Waals surface area contributed by atoms with Crippen molar-refractivity contribution in [3.8, 4) is 5.75 Å². The Balaban J connectivity index is 2.72. The van der Waals surface area contributed by atoms with Crippen LogP contribution in [0.1, 0.15) is 43.5 Å². The van der Waals surface area contributed by atoms with Crippen molar-refractivity contribution in [1.29, 1.82) is 0 Å². The Morgan fingerprint density at radius 2 is 2.22 bits per heavy atom. The van der Waals surface area contributed by atoms with Gasteiger partial charge in [-0.2, -0.15) is 0 Å². The van der Waals surface area contributed by atoms with Crippen LogP contribution in [-0.2, 0) is 0 Å². The summed E-state index contributed by atoms with van der Waals surface area (Å²) in [6, 6.07) is 5.37. The molecule has 1 aromatic rings. The molecule has 0 spiro atoms. The molecule has 0 fully saturated rings. The highest BCUT2D eigenvalue weighted by atomic mass is 16.5. The minimum absolute atomic E-state index is 0.144. The average molecular weight is 250 g/mol. The highest BCUT2D eigenvalue weighted by molar-refractivity contribution is 6.00. The number of carbonyl (C=O) groups excluding carboxylic acids is 1. The molecule has 18 heavy (non-hydrogen) atoms. The van der Waals surface area contributed by atoms with E-state index in [0.717, 1.165) is 19.3 Å². The topological polar surface area (TPSA) is 64.3 Å². The molecule has 3 N–H and O–H groups in total. The number of anilines is 1. The van der Waals surface area contributed by atoms with Crippen LogP contribution in [-0.4, -0.2) is 19.1 Å². The van der Waals surface area contributed by atoms with Gasteiger partial charge in [0, 0.05) is 6.04 Å². The summed E-state index contributed by atoms with van der Waals surface area (Å²) in [5, 5.41) is 2.95. The Morgan fingerprint density at radius 1 is 1.50 bits per heavy atom. The molecule has 4 nitrogen and oxygen atoms in total. The minimum Gasteiger partial charge on any atom is -0.495 e. The van der Waals surface area contributed by atoms with Crippen molar-refractivity contribution in [3.05, 3.63) is 23.8 Å². The second-order valence-corrected chi connectivity index (χ2v) is 4.44. The van der Waals surface area contributed by atoms with Gasteiger partial charge in [0.1, 0.15) is 5.75 Å². The zero-order chi connectivity index (χ0) is 13.5. The summed E-state index contributed by atoms with van der Waals surface area (Å²) < 4.78 is 5.10. The molecule has 0 aliphatic rings. The lowest BCUT2D eigenvalue weighted by atomic mass is 10.1. The molecule has 0 radical (unpaired) electrons. The van der Waals surface area contributed by atoms with E-state index in [1.54, 1.807) is 18.2 Å². The van der Waals surface area contributed by atoms with E-state index in [-0.39, 0.29) is 11.9 Å². The maximum atomic E-state index is 12.1. The number of hydrogen-bond donors (Lipinski definition) is 2. The quantitative estimate of drug-likeness (QED) is 0.763. The van der Waals surface area contributed by atoms with Gasteiger partial charge in [-0.3, -0.25) is 4.79 Å². The standard InChI is InChI=1S/C14H22N2O2/c1-4-5-7-10(2)16-14(17)11-8-6-9-12(18-3)13(11)15/h6,8-10H,4-5,7,15H2,1-3H3,(H,16,17). The second-order valence-electron chi connectivity index (χ2n) is 4.44. The van der Waals surface area contributed by atoms with Crippen LogP contribution in [0.15, 0.2) is 18.2 Å². The number of rotatable bonds is 6. The van der Waals surface area contributed by atoms with Crippen LogP contribution in [0.2, 0.25) is 0 Å². The van der Waals surface area contributed by atoms with E-state index in [1.807, 2.05) is 6.92 Å². The monoisotopic (exact) mass is 250 g/mol. The van der Waals surface area contributed by atoms with Crippen molar-refractivity contribution >= 4 is 11.6 Å². The number of hydrogen-bond acceptors (Lipinski definition) is 3. The summed E-state index contributed by atoms with van der Waals surface area (Å²) in [7, 11) is 1.54. The van der Waals surface area contributed by atoms with Crippen LogP contribution >= 0.6 is 0 Å². The lowest BCUT2D eigenvalue weighted by molar-refractivity contribution is 0.0938. The zero-order valence-electron chi connectivity index (χ0n) is 11.3. The summed E-state index contributed by atoms with van der Waals surface area (Å²) >= 11 is 0. The van der Waals surface area contributed by atoms with E-state index in [4.69, 9.17) is 10.5 Å². The molecular formula is C14H22N2O2. The molecule has 0 saturated carbocycles. The summed E-state index contributed by atoms with van der Waals surface area (Å²) in [6.45, 7) is 4.14. The van der Waals surface area contributed by atoms with Crippen molar-refractivity contribution in [2.45, 2.75) is 39.2 Å². The van der Waals surface area contributed by atoms with Crippen molar-refractivity contribution in [1.82, 2.24) is 5.32 Å². The van der Waals surface area contributed by atoms with Crippen LogP contribution in [0.25, 0.3) is 0 Å². The Labute approximate surface area is 109 Å². The molecule has 100 valence electrons. The van der Waals surface area contributed by atoms with Gasteiger partial charge < -0.3 is 15.8 Å². The van der Waals surface area contributed by atoms with Gasteiger partial charge in [-0.15, -0.1) is 0 Å². The van der Waals surface area contributed by atoms with E-state index >= 15 is 0 Å². The Bertz CT molecular complexity index is 405. The van der Waals surface area contributed by atoms with Gasteiger partial charge in [-0.05, 0) is 25.5 Å². The highest BCUT2D eigenvalue weighted by Crippen LogP contribution is 2.24. The van der Waals surface area contributed by atoms with E-state index in [0.29, 0.717) is 17.0 Å². The van der Waals surface area contributed by atoms with Crippen LogP contribution in [0, 0.1) is 0 Å². The molecule has 0 aliphatic carbocycles. The number of nitrogen functional groups attached to an aromatic ring is 1. The van der Waals surface area contributed by atoms with Gasteiger partial charge >= 0.3 is 0 Å². The smallest absolute Gasteiger partial charge is 0.253 e. The maximum Gasteiger partial charge on any atom is 0.253 e. The number of nitrogens with one attached hydrogen (secondary N) is 1. The number of para-hydroxylation sites is 1. The fraction of sp³-hybridized carbons (Fsp3) is 0.500. The van der Waals surface area contributed by atoms with Crippen molar-refractivity contribution < 1.29 is 9.53 Å². The van der Waals surface area contributed by atoms with E-state index in [1.165, 1.54) is 7.11 Å². The number of carbonyl (C=O) groups is 1. The fourth-order valence-electron chi connectivity index (χ4n) is 1.80. The molecular weight excluding hydrogens is 228 g/mol. The minimum atomic E-state index is -0.144. The highest BCUT2D eigenvalue weighted by Gasteiger charge is 2.14. The predicted octanol–water partition coefficient (Wildman–Crippen LogP) is 2.59. The normalized spacial score (nSPS) is 11.9.